The van der Waals surface area contributed by atoms with E-state index in [1.54, 1.807) is 0 Å². The maximum Gasteiger partial charge on any atom is 0.318 e. The van der Waals surface area contributed by atoms with E-state index in [1.807, 2.05) is 60.7 Å². The molecule has 3 aromatic rings. The molecule has 0 atom stereocenters. The number of anilines is 1. The van der Waals surface area contributed by atoms with Gasteiger partial charge in [-0.1, -0.05) is 72.4 Å². The number of thioether (sulfide) groups is 1. The number of hydrogen-bond donors (Lipinski definition) is 1. The number of carbonyl (C=O) groups is 2. The standard InChI is InChI=1S/C23H19F2NO3S/c24-23(25)30-19-13-11-18(12-14-19)26-20(27)15-29-22(28)21(16-7-3-1-4-8-16)17-9-5-2-6-10-17/h1-14,21,23H,15H2,(H,26,27). The molecule has 0 spiro atoms. The molecule has 0 aromatic heterocycles. The topological polar surface area (TPSA) is 55.4 Å². The number of benzene rings is 3. The molecule has 1 N–H and O–H groups in total. The normalized spacial score (nSPS) is 10.8. The molecule has 0 unspecified atom stereocenters. The van der Waals surface area contributed by atoms with Crippen molar-refractivity contribution in [3.8, 4) is 0 Å². The Hall–Kier alpha value is -3.19. The van der Waals surface area contributed by atoms with E-state index in [9.17, 15) is 18.4 Å². The van der Waals surface area contributed by atoms with E-state index in [2.05, 4.69) is 5.32 Å². The van der Waals surface area contributed by atoms with Crippen LogP contribution in [0.1, 0.15) is 17.0 Å². The molecule has 7 heteroatoms. The summed E-state index contributed by atoms with van der Waals surface area (Å²) in [6, 6.07) is 24.4. The number of alkyl halides is 2. The first-order valence-electron chi connectivity index (χ1n) is 9.14. The smallest absolute Gasteiger partial charge is 0.318 e. The van der Waals surface area contributed by atoms with Crippen molar-refractivity contribution in [2.75, 3.05) is 11.9 Å². The van der Waals surface area contributed by atoms with Gasteiger partial charge in [0.1, 0.15) is 5.92 Å². The highest BCUT2D eigenvalue weighted by molar-refractivity contribution is 7.99. The Bertz CT molecular complexity index is 927. The van der Waals surface area contributed by atoms with Gasteiger partial charge in [-0.2, -0.15) is 8.78 Å². The number of amides is 1. The molecule has 0 heterocycles. The number of ether oxygens (including phenoxy) is 1. The summed E-state index contributed by atoms with van der Waals surface area (Å²) in [6.45, 7) is -0.456. The molecule has 0 radical (unpaired) electrons. The van der Waals surface area contributed by atoms with Gasteiger partial charge in [-0.3, -0.25) is 9.59 Å². The Morgan fingerprint density at radius 3 is 1.87 bits per heavy atom. The van der Waals surface area contributed by atoms with Crippen molar-refractivity contribution in [3.05, 3.63) is 96.1 Å². The van der Waals surface area contributed by atoms with Gasteiger partial charge in [-0.25, -0.2) is 0 Å². The van der Waals surface area contributed by atoms with Crippen LogP contribution in [0.15, 0.2) is 89.8 Å². The molecule has 0 aliphatic carbocycles. The lowest BCUT2D eigenvalue weighted by molar-refractivity contribution is -0.147. The first-order valence-corrected chi connectivity index (χ1v) is 10.0. The van der Waals surface area contributed by atoms with Crippen LogP contribution < -0.4 is 5.32 Å². The summed E-state index contributed by atoms with van der Waals surface area (Å²) in [6.07, 6.45) is 0. The molecule has 154 valence electrons. The molecular formula is C23H19F2NO3S. The number of carbonyl (C=O) groups excluding carboxylic acids is 2. The lowest BCUT2D eigenvalue weighted by Crippen LogP contribution is -2.24. The van der Waals surface area contributed by atoms with Gasteiger partial charge >= 0.3 is 5.97 Å². The van der Waals surface area contributed by atoms with Crippen LogP contribution in [-0.4, -0.2) is 24.2 Å². The molecule has 0 fully saturated rings. The summed E-state index contributed by atoms with van der Waals surface area (Å²) in [7, 11) is 0. The average molecular weight is 427 g/mol. The van der Waals surface area contributed by atoms with E-state index in [0.717, 1.165) is 11.1 Å². The van der Waals surface area contributed by atoms with Gasteiger partial charge in [-0.15, -0.1) is 0 Å². The fraction of sp³-hybridized carbons (Fsp3) is 0.130. The van der Waals surface area contributed by atoms with Crippen LogP contribution in [0.5, 0.6) is 0 Å². The van der Waals surface area contributed by atoms with Crippen LogP contribution in [0.2, 0.25) is 0 Å². The SMILES string of the molecule is O=C(COC(=O)C(c1ccccc1)c1ccccc1)Nc1ccc(SC(F)F)cc1. The van der Waals surface area contributed by atoms with Crippen molar-refractivity contribution in [3.63, 3.8) is 0 Å². The predicted molar refractivity (Wildman–Crippen MR) is 113 cm³/mol. The highest BCUT2D eigenvalue weighted by Crippen LogP contribution is 2.27. The van der Waals surface area contributed by atoms with Gasteiger partial charge < -0.3 is 10.1 Å². The number of rotatable bonds is 8. The molecule has 4 nitrogen and oxygen atoms in total. The molecule has 0 aliphatic rings. The molecule has 30 heavy (non-hydrogen) atoms. The Kier molecular flexibility index (Phi) is 7.57. The first kappa shape index (κ1) is 21.5. The number of halogens is 2. The second kappa shape index (κ2) is 10.5. The van der Waals surface area contributed by atoms with Crippen LogP contribution in [0.25, 0.3) is 0 Å². The lowest BCUT2D eigenvalue weighted by Gasteiger charge is -2.17. The zero-order valence-corrected chi connectivity index (χ0v) is 16.7. The van der Waals surface area contributed by atoms with E-state index < -0.39 is 30.2 Å². The zero-order chi connectivity index (χ0) is 21.3. The minimum atomic E-state index is -2.51. The van der Waals surface area contributed by atoms with Crippen LogP contribution in [0.4, 0.5) is 14.5 Å². The molecular weight excluding hydrogens is 408 g/mol. The average Bonchev–Trinajstić information content (AvgIpc) is 2.75. The van der Waals surface area contributed by atoms with Crippen molar-refractivity contribution in [1.82, 2.24) is 0 Å². The zero-order valence-electron chi connectivity index (χ0n) is 15.8. The number of hydrogen-bond acceptors (Lipinski definition) is 4. The van der Waals surface area contributed by atoms with Crippen molar-refractivity contribution in [1.29, 1.82) is 0 Å². The number of esters is 1. The van der Waals surface area contributed by atoms with Crippen molar-refractivity contribution >= 4 is 29.3 Å². The highest BCUT2D eigenvalue weighted by atomic mass is 32.2. The molecule has 1 amide bonds. The lowest BCUT2D eigenvalue weighted by atomic mass is 9.91. The van der Waals surface area contributed by atoms with Crippen molar-refractivity contribution < 1.29 is 23.1 Å². The molecule has 3 rings (SSSR count). The van der Waals surface area contributed by atoms with Crippen molar-refractivity contribution in [2.24, 2.45) is 0 Å². The minimum absolute atomic E-state index is 0.392. The Morgan fingerprint density at radius 2 is 1.37 bits per heavy atom. The Balaban J connectivity index is 1.62. The third kappa shape index (κ3) is 6.15. The second-order valence-corrected chi connectivity index (χ2v) is 7.38. The van der Waals surface area contributed by atoms with Crippen molar-refractivity contribution in [2.45, 2.75) is 16.6 Å². The third-order valence-electron chi connectivity index (χ3n) is 4.21. The maximum atomic E-state index is 12.8. The van der Waals surface area contributed by atoms with Gasteiger partial charge in [0.25, 0.3) is 11.7 Å². The first-order chi connectivity index (χ1) is 14.5. The maximum absolute atomic E-state index is 12.8. The molecule has 0 saturated heterocycles. The predicted octanol–water partition coefficient (Wildman–Crippen LogP) is 5.32. The quantitative estimate of drug-likeness (QED) is 0.391. The monoisotopic (exact) mass is 427 g/mol. The summed E-state index contributed by atoms with van der Waals surface area (Å²) in [5, 5.41) is 2.58. The molecule has 0 bridgehead atoms. The van der Waals surface area contributed by atoms with E-state index >= 15 is 0 Å². The second-order valence-electron chi connectivity index (χ2n) is 6.31. The highest BCUT2D eigenvalue weighted by Gasteiger charge is 2.24. The van der Waals surface area contributed by atoms with Gasteiger partial charge in [0, 0.05) is 10.6 Å². The summed E-state index contributed by atoms with van der Waals surface area (Å²) in [5.74, 6) is -4.21. The Morgan fingerprint density at radius 1 is 0.833 bits per heavy atom. The summed E-state index contributed by atoms with van der Waals surface area (Å²) < 4.78 is 30.0. The molecule has 0 saturated carbocycles. The van der Waals surface area contributed by atoms with Gasteiger partial charge in [0.15, 0.2) is 6.61 Å². The largest absolute Gasteiger partial charge is 0.455 e. The summed E-state index contributed by atoms with van der Waals surface area (Å²) in [5.41, 5.74) is 1.96. The van der Waals surface area contributed by atoms with E-state index in [-0.39, 0.29) is 0 Å². The van der Waals surface area contributed by atoms with E-state index in [0.29, 0.717) is 22.3 Å². The number of nitrogens with one attached hydrogen (secondary N) is 1. The fourth-order valence-electron chi connectivity index (χ4n) is 2.89. The fourth-order valence-corrected chi connectivity index (χ4v) is 3.39. The van der Waals surface area contributed by atoms with Gasteiger partial charge in [0.05, 0.1) is 0 Å². The van der Waals surface area contributed by atoms with Crippen LogP contribution in [0, 0.1) is 0 Å². The van der Waals surface area contributed by atoms with Crippen LogP contribution in [0.3, 0.4) is 0 Å². The summed E-state index contributed by atoms with van der Waals surface area (Å²) >= 11 is 0.424. The van der Waals surface area contributed by atoms with Gasteiger partial charge in [-0.05, 0) is 35.4 Å². The molecule has 0 aliphatic heterocycles. The van der Waals surface area contributed by atoms with Crippen LogP contribution >= 0.6 is 11.8 Å². The van der Waals surface area contributed by atoms with Crippen LogP contribution in [-0.2, 0) is 14.3 Å². The third-order valence-corrected chi connectivity index (χ3v) is 4.93. The Labute approximate surface area is 177 Å². The summed E-state index contributed by atoms with van der Waals surface area (Å²) in [4.78, 5) is 25.3. The van der Waals surface area contributed by atoms with Gasteiger partial charge in [0.2, 0.25) is 0 Å². The molecule has 3 aromatic carbocycles. The minimum Gasteiger partial charge on any atom is -0.455 e. The van der Waals surface area contributed by atoms with E-state index in [1.165, 1.54) is 24.3 Å². The van der Waals surface area contributed by atoms with E-state index in [4.69, 9.17) is 4.74 Å².